The summed E-state index contributed by atoms with van der Waals surface area (Å²) in [5, 5.41) is 5.94. The molecule has 0 aliphatic carbocycles. The molecule has 8 nitrogen and oxygen atoms in total. The summed E-state index contributed by atoms with van der Waals surface area (Å²) in [6.45, 7) is 6.79. The van der Waals surface area contributed by atoms with Gasteiger partial charge in [0.05, 0.1) is 11.4 Å². The zero-order valence-corrected chi connectivity index (χ0v) is 17.9. The van der Waals surface area contributed by atoms with Crippen molar-refractivity contribution in [3.8, 4) is 0 Å². The van der Waals surface area contributed by atoms with Gasteiger partial charge < -0.3 is 26.2 Å². The SMILES string of the molecule is CC(C)NC(=O)C1CCN(C(=O)Nc2cc(C(N)=O)ccc2N2CCCCC2)CC1. The Balaban J connectivity index is 1.67. The number of nitrogens with zero attached hydrogens (tertiary/aromatic N) is 2. The third-order valence-electron chi connectivity index (χ3n) is 5.80. The minimum Gasteiger partial charge on any atom is -0.370 e. The molecule has 0 atom stereocenters. The average molecular weight is 416 g/mol. The number of primary amides is 1. The highest BCUT2D eigenvalue weighted by molar-refractivity contribution is 5.99. The second-order valence-corrected chi connectivity index (χ2v) is 8.50. The fourth-order valence-corrected chi connectivity index (χ4v) is 4.14. The van der Waals surface area contributed by atoms with E-state index in [1.165, 1.54) is 6.42 Å². The van der Waals surface area contributed by atoms with Crippen LogP contribution in [-0.4, -0.2) is 55.0 Å². The number of likely N-dealkylation sites (tertiary alicyclic amines) is 1. The number of anilines is 2. The number of hydrogen-bond acceptors (Lipinski definition) is 4. The fraction of sp³-hybridized carbons (Fsp3) is 0.591. The van der Waals surface area contributed by atoms with Crippen LogP contribution in [0.2, 0.25) is 0 Å². The molecular formula is C22H33N5O3. The lowest BCUT2D eigenvalue weighted by molar-refractivity contribution is -0.126. The third-order valence-corrected chi connectivity index (χ3v) is 5.80. The molecule has 0 radical (unpaired) electrons. The number of nitrogens with two attached hydrogens (primary N) is 1. The Kier molecular flexibility index (Phi) is 7.18. The van der Waals surface area contributed by atoms with Gasteiger partial charge in [-0.2, -0.15) is 0 Å². The van der Waals surface area contributed by atoms with Gasteiger partial charge in [-0.05, 0) is 64.2 Å². The topological polar surface area (TPSA) is 108 Å². The number of piperidine rings is 2. The van der Waals surface area contributed by atoms with Crippen LogP contribution >= 0.6 is 0 Å². The molecular weight excluding hydrogens is 382 g/mol. The van der Waals surface area contributed by atoms with Gasteiger partial charge in [0.25, 0.3) is 0 Å². The molecule has 2 fully saturated rings. The van der Waals surface area contributed by atoms with Crippen LogP contribution in [0.25, 0.3) is 0 Å². The van der Waals surface area contributed by atoms with Crippen LogP contribution in [0.4, 0.5) is 16.2 Å². The van der Waals surface area contributed by atoms with Crippen molar-refractivity contribution in [1.29, 1.82) is 0 Å². The molecule has 4 amide bonds. The van der Waals surface area contributed by atoms with E-state index in [4.69, 9.17) is 5.73 Å². The van der Waals surface area contributed by atoms with Crippen molar-refractivity contribution in [2.75, 3.05) is 36.4 Å². The maximum Gasteiger partial charge on any atom is 0.321 e. The first-order valence-electron chi connectivity index (χ1n) is 10.9. The lowest BCUT2D eigenvalue weighted by Crippen LogP contribution is -2.45. The van der Waals surface area contributed by atoms with Crippen LogP contribution < -0.4 is 21.3 Å². The van der Waals surface area contributed by atoms with E-state index in [1.54, 1.807) is 17.0 Å². The first-order chi connectivity index (χ1) is 14.3. The van der Waals surface area contributed by atoms with Gasteiger partial charge in [-0.15, -0.1) is 0 Å². The summed E-state index contributed by atoms with van der Waals surface area (Å²) < 4.78 is 0. The van der Waals surface area contributed by atoms with E-state index in [9.17, 15) is 14.4 Å². The number of nitrogens with one attached hydrogen (secondary N) is 2. The van der Waals surface area contributed by atoms with Crippen LogP contribution in [0.15, 0.2) is 18.2 Å². The molecule has 1 aromatic rings. The number of hydrogen-bond donors (Lipinski definition) is 3. The van der Waals surface area contributed by atoms with E-state index < -0.39 is 5.91 Å². The van der Waals surface area contributed by atoms with Gasteiger partial charge in [0.2, 0.25) is 11.8 Å². The molecule has 8 heteroatoms. The molecule has 0 unspecified atom stereocenters. The second kappa shape index (κ2) is 9.82. The molecule has 0 aromatic heterocycles. The summed E-state index contributed by atoms with van der Waals surface area (Å²) in [6, 6.07) is 5.14. The van der Waals surface area contributed by atoms with Crippen molar-refractivity contribution in [3.05, 3.63) is 23.8 Å². The Morgan fingerprint density at radius 2 is 1.70 bits per heavy atom. The van der Waals surface area contributed by atoms with Gasteiger partial charge >= 0.3 is 6.03 Å². The van der Waals surface area contributed by atoms with E-state index >= 15 is 0 Å². The van der Waals surface area contributed by atoms with E-state index in [1.807, 2.05) is 19.9 Å². The van der Waals surface area contributed by atoms with Crippen molar-refractivity contribution >= 4 is 29.2 Å². The Bertz CT molecular complexity index is 781. The molecule has 2 heterocycles. The Morgan fingerprint density at radius 3 is 2.30 bits per heavy atom. The van der Waals surface area contributed by atoms with Crippen molar-refractivity contribution < 1.29 is 14.4 Å². The molecule has 0 spiro atoms. The van der Waals surface area contributed by atoms with Crippen LogP contribution in [0.1, 0.15) is 56.3 Å². The second-order valence-electron chi connectivity index (χ2n) is 8.50. The van der Waals surface area contributed by atoms with Crippen molar-refractivity contribution in [2.45, 2.75) is 52.0 Å². The fourth-order valence-electron chi connectivity index (χ4n) is 4.14. The van der Waals surface area contributed by atoms with Gasteiger partial charge in [0.15, 0.2) is 0 Å². The van der Waals surface area contributed by atoms with E-state index in [-0.39, 0.29) is 23.9 Å². The van der Waals surface area contributed by atoms with Gasteiger partial charge in [-0.3, -0.25) is 9.59 Å². The lowest BCUT2D eigenvalue weighted by atomic mass is 9.96. The first kappa shape index (κ1) is 21.9. The summed E-state index contributed by atoms with van der Waals surface area (Å²) in [7, 11) is 0. The maximum atomic E-state index is 12.9. The number of urea groups is 1. The monoisotopic (exact) mass is 415 g/mol. The summed E-state index contributed by atoms with van der Waals surface area (Å²) >= 11 is 0. The van der Waals surface area contributed by atoms with Crippen LogP contribution in [0.5, 0.6) is 0 Å². The smallest absolute Gasteiger partial charge is 0.321 e. The summed E-state index contributed by atoms with van der Waals surface area (Å²) in [5.74, 6) is -0.516. The van der Waals surface area contributed by atoms with E-state index in [2.05, 4.69) is 15.5 Å². The van der Waals surface area contributed by atoms with Crippen LogP contribution in [0, 0.1) is 5.92 Å². The Hall–Kier alpha value is -2.77. The molecule has 2 aliphatic rings. The van der Waals surface area contributed by atoms with E-state index in [0.29, 0.717) is 37.2 Å². The summed E-state index contributed by atoms with van der Waals surface area (Å²) in [6.07, 6.45) is 4.71. The first-order valence-corrected chi connectivity index (χ1v) is 10.9. The molecule has 0 saturated carbocycles. The standard InChI is InChI=1S/C22H33N5O3/c1-15(2)24-21(29)16-8-12-27(13-9-16)22(30)25-18-14-17(20(23)28)6-7-19(18)26-10-4-3-5-11-26/h6-7,14-16H,3-5,8-13H2,1-2H3,(H2,23,28)(H,24,29)(H,25,30). The number of carbonyl (C=O) groups is 3. The van der Waals surface area contributed by atoms with Crippen molar-refractivity contribution in [3.63, 3.8) is 0 Å². The molecule has 4 N–H and O–H groups in total. The largest absolute Gasteiger partial charge is 0.370 e. The summed E-state index contributed by atoms with van der Waals surface area (Å²) in [5.41, 5.74) is 7.34. The highest BCUT2D eigenvalue weighted by Crippen LogP contribution is 2.30. The molecule has 164 valence electrons. The summed E-state index contributed by atoms with van der Waals surface area (Å²) in [4.78, 5) is 40.8. The Morgan fingerprint density at radius 1 is 1.03 bits per heavy atom. The maximum absolute atomic E-state index is 12.9. The molecule has 2 aliphatic heterocycles. The zero-order valence-electron chi connectivity index (χ0n) is 17.9. The zero-order chi connectivity index (χ0) is 21.7. The normalized spacial score (nSPS) is 17.7. The van der Waals surface area contributed by atoms with Crippen molar-refractivity contribution in [1.82, 2.24) is 10.2 Å². The lowest BCUT2D eigenvalue weighted by Gasteiger charge is -2.33. The molecule has 2 saturated heterocycles. The van der Waals surface area contributed by atoms with Gasteiger partial charge in [0, 0.05) is 43.7 Å². The minimum absolute atomic E-state index is 0.0569. The van der Waals surface area contributed by atoms with Gasteiger partial charge in [0.1, 0.15) is 0 Å². The highest BCUT2D eigenvalue weighted by Gasteiger charge is 2.28. The average Bonchev–Trinajstić information content (AvgIpc) is 2.74. The molecule has 1 aromatic carbocycles. The predicted molar refractivity (Wildman–Crippen MR) is 118 cm³/mol. The Labute approximate surface area is 178 Å². The molecule has 0 bridgehead atoms. The van der Waals surface area contributed by atoms with E-state index in [0.717, 1.165) is 31.6 Å². The number of benzene rings is 1. The number of carbonyl (C=O) groups excluding carboxylic acids is 3. The number of amides is 4. The minimum atomic E-state index is -0.521. The molecule has 30 heavy (non-hydrogen) atoms. The van der Waals surface area contributed by atoms with Crippen molar-refractivity contribution in [2.24, 2.45) is 11.7 Å². The number of rotatable bonds is 5. The van der Waals surface area contributed by atoms with Gasteiger partial charge in [-0.25, -0.2) is 4.79 Å². The highest BCUT2D eigenvalue weighted by atomic mass is 16.2. The molecule has 3 rings (SSSR count). The predicted octanol–water partition coefficient (Wildman–Crippen LogP) is 2.54. The quantitative estimate of drug-likeness (QED) is 0.687. The van der Waals surface area contributed by atoms with Crippen LogP contribution in [-0.2, 0) is 4.79 Å². The van der Waals surface area contributed by atoms with Gasteiger partial charge in [-0.1, -0.05) is 0 Å². The third kappa shape index (κ3) is 5.43. The van der Waals surface area contributed by atoms with Crippen LogP contribution in [0.3, 0.4) is 0 Å².